The maximum absolute atomic E-state index is 13.9. The maximum Gasteiger partial charge on any atom is 0.121 e. The molecule has 0 aromatic heterocycles. The van der Waals surface area contributed by atoms with Gasteiger partial charge in [0.1, 0.15) is 6.17 Å². The first-order chi connectivity index (χ1) is 6.38. The third kappa shape index (κ3) is 2.10. The number of piperidine rings is 1. The van der Waals surface area contributed by atoms with E-state index in [0.717, 1.165) is 18.7 Å². The quantitative estimate of drug-likeness (QED) is 0.660. The van der Waals surface area contributed by atoms with E-state index in [1.54, 1.807) is 0 Å². The van der Waals surface area contributed by atoms with Crippen molar-refractivity contribution >= 4 is 0 Å². The van der Waals surface area contributed by atoms with Gasteiger partial charge in [-0.1, -0.05) is 27.4 Å². The van der Waals surface area contributed by atoms with Crippen LogP contribution in [0.5, 0.6) is 0 Å². The third-order valence-corrected chi connectivity index (χ3v) is 3.41. The van der Waals surface area contributed by atoms with Crippen molar-refractivity contribution in [1.82, 2.24) is 4.90 Å². The summed E-state index contributed by atoms with van der Waals surface area (Å²) in [6.07, 6.45) is 0.221. The molecule has 1 rings (SSSR count). The fraction of sp³-hybridized carbons (Fsp3) is 0.833. The molecule has 1 aliphatic rings. The van der Waals surface area contributed by atoms with E-state index in [4.69, 9.17) is 0 Å². The largest absolute Gasteiger partial charge is 0.372 e. The Bertz CT molecular complexity index is 222. The average molecular weight is 199 g/mol. The van der Waals surface area contributed by atoms with Crippen molar-refractivity contribution in [3.05, 3.63) is 12.3 Å². The first-order valence-corrected chi connectivity index (χ1v) is 5.43. The summed E-state index contributed by atoms with van der Waals surface area (Å²) in [7, 11) is 0. The maximum atomic E-state index is 13.9. The monoisotopic (exact) mass is 199 g/mol. The highest BCUT2D eigenvalue weighted by molar-refractivity contribution is 5.00. The van der Waals surface area contributed by atoms with Gasteiger partial charge in [0.05, 0.1) is 0 Å². The van der Waals surface area contributed by atoms with E-state index in [1.165, 1.54) is 0 Å². The average Bonchev–Trinajstić information content (AvgIpc) is 2.01. The molecule has 1 fully saturated rings. The number of likely N-dealkylation sites (tertiary alicyclic amines) is 1. The van der Waals surface area contributed by atoms with Gasteiger partial charge in [0.15, 0.2) is 0 Å². The minimum absolute atomic E-state index is 0.0609. The molecule has 0 spiro atoms. The van der Waals surface area contributed by atoms with Crippen LogP contribution in [0.2, 0.25) is 0 Å². The molecule has 0 bridgehead atoms. The zero-order chi connectivity index (χ0) is 10.9. The lowest BCUT2D eigenvalue weighted by atomic mass is 9.71. The van der Waals surface area contributed by atoms with E-state index >= 15 is 0 Å². The Hall–Kier alpha value is -0.530. The molecule has 1 heterocycles. The van der Waals surface area contributed by atoms with Crippen LogP contribution in [0.25, 0.3) is 0 Å². The van der Waals surface area contributed by atoms with Crippen molar-refractivity contribution in [2.75, 3.05) is 13.1 Å². The molecule has 14 heavy (non-hydrogen) atoms. The molecule has 0 saturated carbocycles. The molecule has 0 aromatic rings. The molecule has 0 aromatic carbocycles. The van der Waals surface area contributed by atoms with Gasteiger partial charge < -0.3 is 4.90 Å². The Morgan fingerprint density at radius 2 is 2.14 bits per heavy atom. The van der Waals surface area contributed by atoms with E-state index < -0.39 is 6.17 Å². The van der Waals surface area contributed by atoms with Crippen LogP contribution < -0.4 is 0 Å². The van der Waals surface area contributed by atoms with Crippen LogP contribution >= 0.6 is 0 Å². The lowest BCUT2D eigenvalue weighted by molar-refractivity contribution is 0.00127. The van der Waals surface area contributed by atoms with E-state index in [2.05, 4.69) is 32.3 Å². The molecule has 2 unspecified atom stereocenters. The molecule has 2 atom stereocenters. The zero-order valence-corrected chi connectivity index (χ0v) is 9.81. The minimum atomic E-state index is -0.708. The van der Waals surface area contributed by atoms with Gasteiger partial charge in [0.25, 0.3) is 0 Å². The molecular formula is C12H22FN. The SMILES string of the molecule is C=C(C)N1CC(F)C(CC)C(C)(C)C1. The Kier molecular flexibility index (Phi) is 3.23. The van der Waals surface area contributed by atoms with Gasteiger partial charge in [-0.05, 0) is 24.7 Å². The standard InChI is InChI=1S/C12H22FN/c1-6-10-11(13)7-14(9(2)3)8-12(10,4)5/h10-11H,2,6-8H2,1,3-5H3. The highest BCUT2D eigenvalue weighted by Gasteiger charge is 2.41. The van der Waals surface area contributed by atoms with Gasteiger partial charge in [-0.15, -0.1) is 0 Å². The predicted molar refractivity (Wildman–Crippen MR) is 58.8 cm³/mol. The van der Waals surface area contributed by atoms with Crippen LogP contribution in [-0.2, 0) is 0 Å². The summed E-state index contributed by atoms with van der Waals surface area (Å²) < 4.78 is 13.9. The number of rotatable bonds is 2. The van der Waals surface area contributed by atoms with Crippen molar-refractivity contribution in [2.45, 2.75) is 40.3 Å². The van der Waals surface area contributed by atoms with Crippen molar-refractivity contribution < 1.29 is 4.39 Å². The number of alkyl halides is 1. The number of hydrogen-bond donors (Lipinski definition) is 0. The van der Waals surface area contributed by atoms with Gasteiger partial charge in [-0.3, -0.25) is 0 Å². The van der Waals surface area contributed by atoms with Crippen LogP contribution in [0, 0.1) is 11.3 Å². The second-order valence-electron chi connectivity index (χ2n) is 5.14. The van der Waals surface area contributed by atoms with E-state index in [-0.39, 0.29) is 11.3 Å². The Morgan fingerprint density at radius 3 is 2.50 bits per heavy atom. The fourth-order valence-electron chi connectivity index (χ4n) is 2.60. The second-order valence-corrected chi connectivity index (χ2v) is 5.14. The Labute approximate surface area is 87.0 Å². The molecule has 2 heteroatoms. The zero-order valence-electron chi connectivity index (χ0n) is 9.81. The van der Waals surface area contributed by atoms with Gasteiger partial charge in [-0.25, -0.2) is 4.39 Å². The summed E-state index contributed by atoms with van der Waals surface area (Å²) in [5.41, 5.74) is 1.04. The molecule has 82 valence electrons. The minimum Gasteiger partial charge on any atom is -0.372 e. The second kappa shape index (κ2) is 3.92. The highest BCUT2D eigenvalue weighted by atomic mass is 19.1. The first kappa shape index (κ1) is 11.5. The van der Waals surface area contributed by atoms with Gasteiger partial charge in [0, 0.05) is 18.8 Å². The van der Waals surface area contributed by atoms with E-state index in [0.29, 0.717) is 6.54 Å². The van der Waals surface area contributed by atoms with Crippen molar-refractivity contribution in [3.63, 3.8) is 0 Å². The third-order valence-electron chi connectivity index (χ3n) is 3.41. The summed E-state index contributed by atoms with van der Waals surface area (Å²) in [6.45, 7) is 13.7. The summed E-state index contributed by atoms with van der Waals surface area (Å²) in [6, 6.07) is 0. The normalized spacial score (nSPS) is 31.6. The molecule has 1 aliphatic heterocycles. The molecule has 0 N–H and O–H groups in total. The topological polar surface area (TPSA) is 3.24 Å². The van der Waals surface area contributed by atoms with Crippen LogP contribution in [0.15, 0.2) is 12.3 Å². The van der Waals surface area contributed by atoms with Gasteiger partial charge >= 0.3 is 0 Å². The number of allylic oxidation sites excluding steroid dienone is 1. The van der Waals surface area contributed by atoms with E-state index in [1.807, 2.05) is 6.92 Å². The van der Waals surface area contributed by atoms with Crippen molar-refractivity contribution in [2.24, 2.45) is 11.3 Å². The molecular weight excluding hydrogens is 177 g/mol. The molecule has 1 nitrogen and oxygen atoms in total. The summed E-state index contributed by atoms with van der Waals surface area (Å²) in [5.74, 6) is 0.193. The Morgan fingerprint density at radius 1 is 1.57 bits per heavy atom. The summed E-state index contributed by atoms with van der Waals surface area (Å²) >= 11 is 0. The van der Waals surface area contributed by atoms with Crippen LogP contribution in [0.4, 0.5) is 4.39 Å². The lowest BCUT2D eigenvalue weighted by Gasteiger charge is -2.47. The van der Waals surface area contributed by atoms with Gasteiger partial charge in [-0.2, -0.15) is 0 Å². The predicted octanol–water partition coefficient (Wildman–Crippen LogP) is 3.23. The van der Waals surface area contributed by atoms with Crippen molar-refractivity contribution in [3.8, 4) is 0 Å². The summed E-state index contributed by atoms with van der Waals surface area (Å²) in [5, 5.41) is 0. The fourth-order valence-corrected chi connectivity index (χ4v) is 2.60. The molecule has 0 radical (unpaired) electrons. The Balaban J connectivity index is 2.78. The van der Waals surface area contributed by atoms with Crippen molar-refractivity contribution in [1.29, 1.82) is 0 Å². The van der Waals surface area contributed by atoms with E-state index in [9.17, 15) is 4.39 Å². The number of halogens is 1. The molecule has 1 saturated heterocycles. The highest BCUT2D eigenvalue weighted by Crippen LogP contribution is 2.39. The number of hydrogen-bond acceptors (Lipinski definition) is 1. The molecule has 0 amide bonds. The first-order valence-electron chi connectivity index (χ1n) is 5.43. The van der Waals surface area contributed by atoms with Crippen LogP contribution in [0.3, 0.4) is 0 Å². The van der Waals surface area contributed by atoms with Crippen LogP contribution in [-0.4, -0.2) is 24.2 Å². The molecule has 0 aliphatic carbocycles. The lowest BCUT2D eigenvalue weighted by Crippen LogP contribution is -2.51. The smallest absolute Gasteiger partial charge is 0.121 e. The number of nitrogens with zero attached hydrogens (tertiary/aromatic N) is 1. The van der Waals surface area contributed by atoms with Crippen LogP contribution in [0.1, 0.15) is 34.1 Å². The van der Waals surface area contributed by atoms with Gasteiger partial charge in [0.2, 0.25) is 0 Å². The summed E-state index contributed by atoms with van der Waals surface area (Å²) in [4.78, 5) is 2.07.